The molecule has 2 rings (SSSR count). The second-order valence-electron chi connectivity index (χ2n) is 4.88. The van der Waals surface area contributed by atoms with Gasteiger partial charge >= 0.3 is 5.97 Å². The summed E-state index contributed by atoms with van der Waals surface area (Å²) in [5, 5.41) is 9.45. The van der Waals surface area contributed by atoms with E-state index in [1.54, 1.807) is 24.1 Å². The Morgan fingerprint density at radius 3 is 3.00 bits per heavy atom. The fraction of sp³-hybridized carbons (Fsp3) is 0.571. The summed E-state index contributed by atoms with van der Waals surface area (Å²) in [6, 6.07) is 2.87. The van der Waals surface area contributed by atoms with E-state index in [-0.39, 0.29) is 5.91 Å². The second kappa shape index (κ2) is 6.56. The Balaban J connectivity index is 2.35. The maximum absolute atomic E-state index is 12.2. The molecule has 2 atom stereocenters. The van der Waals surface area contributed by atoms with Crippen LogP contribution >= 0.6 is 0 Å². The molecule has 6 heteroatoms. The van der Waals surface area contributed by atoms with Crippen LogP contribution in [-0.4, -0.2) is 42.1 Å². The van der Waals surface area contributed by atoms with E-state index >= 15 is 0 Å². The molecule has 20 heavy (non-hydrogen) atoms. The minimum absolute atomic E-state index is 0.0489. The van der Waals surface area contributed by atoms with Crippen molar-refractivity contribution >= 4 is 11.9 Å². The van der Waals surface area contributed by atoms with Crippen molar-refractivity contribution in [1.29, 1.82) is 0 Å². The van der Waals surface area contributed by atoms with Gasteiger partial charge in [0.1, 0.15) is 11.8 Å². The van der Waals surface area contributed by atoms with Gasteiger partial charge in [-0.15, -0.1) is 0 Å². The van der Waals surface area contributed by atoms with Crippen molar-refractivity contribution in [3.8, 4) is 0 Å². The standard InChI is InChI=1S/C14H19NO5/c1-19-9-7-15-12(16)6-2-4-10(14(17)18)13(15)11-5-3-8-20-11/h3,5,8,10,13H,2,4,6-7,9H2,1H3,(H,17,18). The van der Waals surface area contributed by atoms with Crippen LogP contribution in [0.3, 0.4) is 0 Å². The molecule has 6 nitrogen and oxygen atoms in total. The third-order valence-electron chi connectivity index (χ3n) is 3.63. The first kappa shape index (κ1) is 14.6. The number of nitrogens with zero attached hydrogens (tertiary/aromatic N) is 1. The SMILES string of the molecule is COCCN1C(=O)CCCC(C(=O)O)C1c1ccco1. The molecule has 0 saturated carbocycles. The highest BCUT2D eigenvalue weighted by Crippen LogP contribution is 2.36. The van der Waals surface area contributed by atoms with Crippen LogP contribution in [0, 0.1) is 5.92 Å². The minimum atomic E-state index is -0.900. The Hall–Kier alpha value is -1.82. The molecule has 1 aliphatic rings. The average Bonchev–Trinajstić information content (AvgIpc) is 2.88. The van der Waals surface area contributed by atoms with E-state index in [2.05, 4.69) is 0 Å². The lowest BCUT2D eigenvalue weighted by molar-refractivity contribution is -0.146. The number of hydrogen-bond donors (Lipinski definition) is 1. The monoisotopic (exact) mass is 281 g/mol. The first-order valence-corrected chi connectivity index (χ1v) is 6.69. The van der Waals surface area contributed by atoms with Crippen LogP contribution in [0.4, 0.5) is 0 Å². The average molecular weight is 281 g/mol. The lowest BCUT2D eigenvalue weighted by atomic mass is 9.93. The van der Waals surface area contributed by atoms with E-state index in [0.717, 1.165) is 0 Å². The molecule has 1 N–H and O–H groups in total. The lowest BCUT2D eigenvalue weighted by Gasteiger charge is -2.31. The summed E-state index contributed by atoms with van der Waals surface area (Å²) in [6.07, 6.45) is 2.91. The van der Waals surface area contributed by atoms with Crippen LogP contribution in [0.2, 0.25) is 0 Å². The number of carbonyl (C=O) groups excluding carboxylic acids is 1. The topological polar surface area (TPSA) is 80.0 Å². The number of carbonyl (C=O) groups is 2. The van der Waals surface area contributed by atoms with Gasteiger partial charge in [0, 0.05) is 20.1 Å². The van der Waals surface area contributed by atoms with Crippen LogP contribution in [0.1, 0.15) is 31.1 Å². The zero-order valence-corrected chi connectivity index (χ0v) is 11.4. The van der Waals surface area contributed by atoms with E-state index < -0.39 is 17.9 Å². The minimum Gasteiger partial charge on any atom is -0.481 e. The quantitative estimate of drug-likeness (QED) is 0.888. The largest absolute Gasteiger partial charge is 0.481 e. The number of carboxylic acid groups (broad SMARTS) is 1. The van der Waals surface area contributed by atoms with Crippen molar-refractivity contribution < 1.29 is 23.8 Å². The third-order valence-corrected chi connectivity index (χ3v) is 3.63. The number of hydrogen-bond acceptors (Lipinski definition) is 4. The summed E-state index contributed by atoms with van der Waals surface area (Å²) < 4.78 is 10.4. The van der Waals surface area contributed by atoms with Crippen LogP contribution < -0.4 is 0 Å². The molecule has 1 amide bonds. The molecule has 1 aliphatic heterocycles. The lowest BCUT2D eigenvalue weighted by Crippen LogP contribution is -2.40. The molecule has 1 fully saturated rings. The Morgan fingerprint density at radius 2 is 2.40 bits per heavy atom. The van der Waals surface area contributed by atoms with Crippen LogP contribution in [0.15, 0.2) is 22.8 Å². The first-order chi connectivity index (χ1) is 9.65. The number of rotatable bonds is 5. The molecule has 1 saturated heterocycles. The molecular weight excluding hydrogens is 262 g/mol. The summed E-state index contributed by atoms with van der Waals surface area (Å²) in [6.45, 7) is 0.736. The van der Waals surface area contributed by atoms with E-state index in [1.165, 1.54) is 6.26 Å². The van der Waals surface area contributed by atoms with Gasteiger partial charge in [-0.25, -0.2) is 0 Å². The van der Waals surface area contributed by atoms with Gasteiger partial charge in [-0.1, -0.05) is 0 Å². The van der Waals surface area contributed by atoms with E-state index in [4.69, 9.17) is 9.15 Å². The Bertz CT molecular complexity index is 456. The normalized spacial score (nSPS) is 23.6. The zero-order valence-electron chi connectivity index (χ0n) is 11.4. The van der Waals surface area contributed by atoms with Gasteiger partial charge in [-0.3, -0.25) is 9.59 Å². The summed E-state index contributed by atoms with van der Waals surface area (Å²) in [7, 11) is 1.55. The van der Waals surface area contributed by atoms with Crippen LogP contribution in [-0.2, 0) is 14.3 Å². The summed E-state index contributed by atoms with van der Waals surface area (Å²) in [4.78, 5) is 25.3. The highest BCUT2D eigenvalue weighted by Gasteiger charge is 2.39. The summed E-state index contributed by atoms with van der Waals surface area (Å²) >= 11 is 0. The van der Waals surface area contributed by atoms with Gasteiger partial charge in [0.15, 0.2) is 0 Å². The van der Waals surface area contributed by atoms with Gasteiger partial charge in [0.2, 0.25) is 5.91 Å². The highest BCUT2D eigenvalue weighted by atomic mass is 16.5. The molecule has 0 spiro atoms. The number of furan rings is 1. The van der Waals surface area contributed by atoms with Gasteiger partial charge in [-0.2, -0.15) is 0 Å². The third kappa shape index (κ3) is 3.01. The molecule has 1 aromatic rings. The van der Waals surface area contributed by atoms with E-state index in [0.29, 0.717) is 38.2 Å². The van der Waals surface area contributed by atoms with Gasteiger partial charge in [-0.05, 0) is 25.0 Å². The molecule has 2 unspecified atom stereocenters. The number of methoxy groups -OCH3 is 1. The number of likely N-dealkylation sites (tertiary alicyclic amines) is 1. The maximum Gasteiger partial charge on any atom is 0.309 e. The Morgan fingerprint density at radius 1 is 1.60 bits per heavy atom. The molecule has 110 valence electrons. The molecule has 0 aliphatic carbocycles. The summed E-state index contributed by atoms with van der Waals surface area (Å²) in [5.41, 5.74) is 0. The molecule has 0 radical (unpaired) electrons. The fourth-order valence-corrected chi connectivity index (χ4v) is 2.67. The van der Waals surface area contributed by atoms with Crippen molar-refractivity contribution in [1.82, 2.24) is 4.90 Å². The van der Waals surface area contributed by atoms with Crippen molar-refractivity contribution in [2.45, 2.75) is 25.3 Å². The molecular formula is C14H19NO5. The number of amides is 1. The molecule has 0 aromatic carbocycles. The first-order valence-electron chi connectivity index (χ1n) is 6.69. The summed E-state index contributed by atoms with van der Waals surface area (Å²) in [5.74, 6) is -1.08. The Kier molecular flexibility index (Phi) is 4.79. The van der Waals surface area contributed by atoms with E-state index in [9.17, 15) is 14.7 Å². The number of carboxylic acids is 1. The maximum atomic E-state index is 12.2. The van der Waals surface area contributed by atoms with Crippen LogP contribution in [0.25, 0.3) is 0 Å². The Labute approximate surface area is 117 Å². The smallest absolute Gasteiger partial charge is 0.309 e. The van der Waals surface area contributed by atoms with E-state index in [1.807, 2.05) is 0 Å². The van der Waals surface area contributed by atoms with Crippen molar-refractivity contribution in [3.63, 3.8) is 0 Å². The predicted molar refractivity (Wildman–Crippen MR) is 70.0 cm³/mol. The fourth-order valence-electron chi connectivity index (χ4n) is 2.67. The van der Waals surface area contributed by atoms with Crippen molar-refractivity contribution in [3.05, 3.63) is 24.2 Å². The second-order valence-corrected chi connectivity index (χ2v) is 4.88. The molecule has 2 heterocycles. The van der Waals surface area contributed by atoms with Gasteiger partial charge < -0.3 is 19.2 Å². The number of aliphatic carboxylic acids is 1. The highest BCUT2D eigenvalue weighted by molar-refractivity contribution is 5.79. The number of ether oxygens (including phenoxy) is 1. The molecule has 1 aromatic heterocycles. The van der Waals surface area contributed by atoms with Crippen molar-refractivity contribution in [2.24, 2.45) is 5.92 Å². The molecule has 0 bridgehead atoms. The van der Waals surface area contributed by atoms with Crippen molar-refractivity contribution in [2.75, 3.05) is 20.3 Å². The predicted octanol–water partition coefficient (Wildman–Crippen LogP) is 1.68. The zero-order chi connectivity index (χ0) is 14.5. The van der Waals surface area contributed by atoms with Gasteiger partial charge in [0.25, 0.3) is 0 Å². The van der Waals surface area contributed by atoms with Crippen LogP contribution in [0.5, 0.6) is 0 Å². The van der Waals surface area contributed by atoms with Gasteiger partial charge in [0.05, 0.1) is 18.8 Å².